The molecule has 3 heteroatoms. The first kappa shape index (κ1) is 11.7. The highest BCUT2D eigenvalue weighted by Gasteiger charge is 2.13. The Morgan fingerprint density at radius 3 is 2.81 bits per heavy atom. The minimum Gasteiger partial charge on any atom is -0.493 e. The Bertz CT molecular complexity index is 323. The average molecular weight is 241 g/mol. The van der Waals surface area contributed by atoms with Gasteiger partial charge >= 0.3 is 0 Å². The van der Waals surface area contributed by atoms with Crippen molar-refractivity contribution in [2.45, 2.75) is 19.3 Å². The first-order valence-corrected chi connectivity index (χ1v) is 6.44. The fourth-order valence-corrected chi connectivity index (χ4v) is 2.37. The van der Waals surface area contributed by atoms with E-state index in [1.54, 1.807) is 4.90 Å². The van der Waals surface area contributed by atoms with E-state index < -0.39 is 0 Å². The Hall–Kier alpha value is -0.730. The third-order valence-corrected chi connectivity index (χ3v) is 3.29. The summed E-state index contributed by atoms with van der Waals surface area (Å²) in [6.45, 7) is 4.72. The van der Waals surface area contributed by atoms with E-state index in [0.29, 0.717) is 0 Å². The summed E-state index contributed by atoms with van der Waals surface area (Å²) in [5.41, 5.74) is 0. The molecular formula is C13H19ClNO+. The van der Waals surface area contributed by atoms with Gasteiger partial charge in [-0.25, -0.2) is 0 Å². The van der Waals surface area contributed by atoms with Gasteiger partial charge < -0.3 is 9.64 Å². The molecule has 0 radical (unpaired) electrons. The van der Waals surface area contributed by atoms with Gasteiger partial charge in [-0.1, -0.05) is 17.7 Å². The van der Waals surface area contributed by atoms with E-state index in [1.165, 1.54) is 32.5 Å². The summed E-state index contributed by atoms with van der Waals surface area (Å²) in [6, 6.07) is 7.60. The number of ether oxygens (including phenoxy) is 1. The molecule has 1 aromatic rings. The van der Waals surface area contributed by atoms with Crippen molar-refractivity contribution in [3.63, 3.8) is 0 Å². The van der Waals surface area contributed by atoms with Gasteiger partial charge in [0, 0.05) is 24.3 Å². The summed E-state index contributed by atoms with van der Waals surface area (Å²) >= 11 is 5.88. The van der Waals surface area contributed by atoms with Crippen LogP contribution in [0.3, 0.4) is 0 Å². The van der Waals surface area contributed by atoms with Crippen molar-refractivity contribution in [3.05, 3.63) is 29.3 Å². The number of rotatable bonds is 5. The Morgan fingerprint density at radius 2 is 2.06 bits per heavy atom. The van der Waals surface area contributed by atoms with Crippen molar-refractivity contribution in [1.29, 1.82) is 0 Å². The van der Waals surface area contributed by atoms with Crippen LogP contribution in [0.15, 0.2) is 24.3 Å². The molecule has 88 valence electrons. The zero-order chi connectivity index (χ0) is 11.2. The van der Waals surface area contributed by atoms with Crippen LogP contribution in [0.5, 0.6) is 5.75 Å². The van der Waals surface area contributed by atoms with Crippen LogP contribution in [-0.4, -0.2) is 26.2 Å². The summed E-state index contributed by atoms with van der Waals surface area (Å²) in [4.78, 5) is 1.73. The lowest BCUT2D eigenvalue weighted by atomic mass is 10.3. The Kier molecular flexibility index (Phi) is 4.49. The van der Waals surface area contributed by atoms with Crippen LogP contribution in [-0.2, 0) is 0 Å². The van der Waals surface area contributed by atoms with Crippen LogP contribution in [0, 0.1) is 0 Å². The van der Waals surface area contributed by atoms with Crippen LogP contribution < -0.4 is 9.64 Å². The zero-order valence-electron chi connectivity index (χ0n) is 9.55. The summed E-state index contributed by atoms with van der Waals surface area (Å²) in [6.07, 6.45) is 3.91. The van der Waals surface area contributed by atoms with E-state index in [1.807, 2.05) is 24.3 Å². The van der Waals surface area contributed by atoms with Gasteiger partial charge in [-0.3, -0.25) is 0 Å². The second kappa shape index (κ2) is 6.12. The molecular weight excluding hydrogens is 222 g/mol. The molecule has 1 heterocycles. The van der Waals surface area contributed by atoms with Gasteiger partial charge in [-0.15, -0.1) is 0 Å². The van der Waals surface area contributed by atoms with Crippen LogP contribution in [0.4, 0.5) is 0 Å². The van der Waals surface area contributed by atoms with Gasteiger partial charge in [-0.05, 0) is 18.2 Å². The SMILES string of the molecule is Clc1cccc(OCCC[NH+]2CCCC2)c1. The quantitative estimate of drug-likeness (QED) is 0.775. The van der Waals surface area contributed by atoms with E-state index >= 15 is 0 Å². The zero-order valence-corrected chi connectivity index (χ0v) is 10.3. The molecule has 1 N–H and O–H groups in total. The van der Waals surface area contributed by atoms with Crippen LogP contribution in [0.1, 0.15) is 19.3 Å². The molecule has 1 fully saturated rings. The lowest BCUT2D eigenvalue weighted by molar-refractivity contribution is -0.887. The predicted molar refractivity (Wildman–Crippen MR) is 66.4 cm³/mol. The molecule has 2 nitrogen and oxygen atoms in total. The maximum Gasteiger partial charge on any atom is 0.120 e. The lowest BCUT2D eigenvalue weighted by Gasteiger charge is -2.12. The largest absolute Gasteiger partial charge is 0.493 e. The number of hydrogen-bond donors (Lipinski definition) is 1. The highest BCUT2D eigenvalue weighted by molar-refractivity contribution is 6.30. The van der Waals surface area contributed by atoms with E-state index in [2.05, 4.69) is 0 Å². The molecule has 0 amide bonds. The van der Waals surface area contributed by atoms with Crippen molar-refractivity contribution in [3.8, 4) is 5.75 Å². The van der Waals surface area contributed by atoms with Crippen LogP contribution >= 0.6 is 11.6 Å². The molecule has 0 spiro atoms. The summed E-state index contributed by atoms with van der Waals surface area (Å²) in [5.74, 6) is 0.879. The van der Waals surface area contributed by atoms with Crippen LogP contribution in [0.25, 0.3) is 0 Å². The first-order chi connectivity index (χ1) is 7.84. The number of hydrogen-bond acceptors (Lipinski definition) is 1. The van der Waals surface area contributed by atoms with Crippen molar-refractivity contribution >= 4 is 11.6 Å². The molecule has 0 bridgehead atoms. The van der Waals surface area contributed by atoms with Crippen LogP contribution in [0.2, 0.25) is 5.02 Å². The Labute approximate surface area is 102 Å². The maximum atomic E-state index is 5.88. The van der Waals surface area contributed by atoms with E-state index in [9.17, 15) is 0 Å². The fourth-order valence-electron chi connectivity index (χ4n) is 2.19. The number of nitrogens with one attached hydrogen (secondary N) is 1. The van der Waals surface area contributed by atoms with Crippen molar-refractivity contribution in [2.24, 2.45) is 0 Å². The molecule has 1 aromatic carbocycles. The van der Waals surface area contributed by atoms with E-state index in [0.717, 1.165) is 23.8 Å². The molecule has 2 rings (SSSR count). The van der Waals surface area contributed by atoms with Crippen molar-refractivity contribution < 1.29 is 9.64 Å². The fraction of sp³-hybridized carbons (Fsp3) is 0.538. The topological polar surface area (TPSA) is 13.7 Å². The number of halogens is 1. The number of likely N-dealkylation sites (tertiary alicyclic amines) is 1. The lowest BCUT2D eigenvalue weighted by Crippen LogP contribution is -3.10. The smallest absolute Gasteiger partial charge is 0.120 e. The van der Waals surface area contributed by atoms with Gasteiger partial charge in [0.1, 0.15) is 5.75 Å². The minimum atomic E-state index is 0.739. The molecule has 0 saturated carbocycles. The second-order valence-corrected chi connectivity index (χ2v) is 4.80. The maximum absolute atomic E-state index is 5.88. The Morgan fingerprint density at radius 1 is 1.25 bits per heavy atom. The summed E-state index contributed by atoms with van der Waals surface area (Å²) in [7, 11) is 0. The molecule has 1 aliphatic heterocycles. The first-order valence-electron chi connectivity index (χ1n) is 6.06. The molecule has 0 unspecified atom stereocenters. The normalized spacial score (nSPS) is 16.6. The predicted octanol–water partition coefficient (Wildman–Crippen LogP) is 1.79. The molecule has 0 aliphatic carbocycles. The highest BCUT2D eigenvalue weighted by atomic mass is 35.5. The van der Waals surface area contributed by atoms with Gasteiger partial charge in [0.2, 0.25) is 0 Å². The van der Waals surface area contributed by atoms with Gasteiger partial charge in [0.25, 0.3) is 0 Å². The third kappa shape index (κ3) is 3.69. The second-order valence-electron chi connectivity index (χ2n) is 4.37. The summed E-state index contributed by atoms with van der Waals surface area (Å²) < 4.78 is 5.65. The molecule has 16 heavy (non-hydrogen) atoms. The minimum absolute atomic E-state index is 0.739. The van der Waals surface area contributed by atoms with Crippen molar-refractivity contribution in [1.82, 2.24) is 0 Å². The van der Waals surface area contributed by atoms with E-state index in [-0.39, 0.29) is 0 Å². The average Bonchev–Trinajstić information content (AvgIpc) is 2.77. The van der Waals surface area contributed by atoms with Gasteiger partial charge in [0.15, 0.2) is 0 Å². The third-order valence-electron chi connectivity index (χ3n) is 3.05. The van der Waals surface area contributed by atoms with Gasteiger partial charge in [-0.2, -0.15) is 0 Å². The van der Waals surface area contributed by atoms with Gasteiger partial charge in [0.05, 0.1) is 26.2 Å². The Balaban J connectivity index is 1.64. The standard InChI is InChI=1S/C13H18ClNO/c14-12-5-3-6-13(11-12)16-10-4-9-15-7-1-2-8-15/h3,5-6,11H,1-2,4,7-10H2/p+1. The molecule has 1 saturated heterocycles. The molecule has 1 aliphatic rings. The summed E-state index contributed by atoms with van der Waals surface area (Å²) in [5, 5.41) is 0.739. The molecule has 0 atom stereocenters. The molecule has 0 aromatic heterocycles. The van der Waals surface area contributed by atoms with E-state index in [4.69, 9.17) is 16.3 Å². The monoisotopic (exact) mass is 240 g/mol. The number of quaternary nitrogens is 1. The number of benzene rings is 1. The highest BCUT2D eigenvalue weighted by Crippen LogP contribution is 2.16. The van der Waals surface area contributed by atoms with Crippen molar-refractivity contribution in [2.75, 3.05) is 26.2 Å².